The molecule has 1 atom stereocenters. The summed E-state index contributed by atoms with van der Waals surface area (Å²) in [4.78, 5) is 10.7. The molecule has 1 aromatic heterocycles. The van der Waals surface area contributed by atoms with E-state index < -0.39 is 20.6 Å². The van der Waals surface area contributed by atoms with E-state index in [-0.39, 0.29) is 5.56 Å². The minimum absolute atomic E-state index is 0.188. The molecule has 0 aliphatic carbocycles. The summed E-state index contributed by atoms with van der Waals surface area (Å²) in [5.41, 5.74) is 0.188. The third kappa shape index (κ3) is 2.50. The van der Waals surface area contributed by atoms with Gasteiger partial charge >= 0.3 is 0 Å². The largest absolute Gasteiger partial charge is 0.285 e. The van der Waals surface area contributed by atoms with Gasteiger partial charge in [0.05, 0.1) is 0 Å². The van der Waals surface area contributed by atoms with Crippen LogP contribution in [0.5, 0.6) is 0 Å². The molecular formula is C6H5ClO4S2. The molecule has 0 radical (unpaired) electrons. The Bertz CT molecular complexity index is 394. The van der Waals surface area contributed by atoms with Crippen LogP contribution in [0, 0.1) is 0 Å². The molecular weight excluding hydrogens is 236 g/mol. The van der Waals surface area contributed by atoms with Crippen LogP contribution in [0.1, 0.15) is 10.8 Å². The van der Waals surface area contributed by atoms with Crippen molar-refractivity contribution in [2.24, 2.45) is 0 Å². The van der Waals surface area contributed by atoms with Crippen molar-refractivity contribution in [3.05, 3.63) is 22.4 Å². The molecule has 1 aromatic rings. The Balaban J connectivity index is 3.17. The highest BCUT2D eigenvalue weighted by Gasteiger charge is 2.31. The van der Waals surface area contributed by atoms with Gasteiger partial charge in [0, 0.05) is 0 Å². The van der Waals surface area contributed by atoms with Gasteiger partial charge in [0.2, 0.25) is 5.24 Å². The van der Waals surface area contributed by atoms with Gasteiger partial charge in [-0.05, 0) is 34.0 Å². The third-order valence-electron chi connectivity index (χ3n) is 1.35. The fraction of sp³-hybridized carbons (Fsp3) is 0.167. The fourth-order valence-corrected chi connectivity index (χ4v) is 2.80. The maximum atomic E-state index is 10.7. The molecule has 0 fully saturated rings. The molecule has 0 bridgehead atoms. The van der Waals surface area contributed by atoms with Crippen LogP contribution in [0.25, 0.3) is 0 Å². The van der Waals surface area contributed by atoms with E-state index in [0.717, 1.165) is 0 Å². The molecule has 7 heteroatoms. The smallest absolute Gasteiger partial charge is 0.280 e. The second-order valence-corrected chi connectivity index (χ2v) is 4.91. The van der Waals surface area contributed by atoms with Gasteiger partial charge in [0.15, 0.2) is 5.25 Å². The summed E-state index contributed by atoms with van der Waals surface area (Å²) in [5, 5.41) is 0.257. The molecule has 0 saturated heterocycles. The van der Waals surface area contributed by atoms with Gasteiger partial charge in [0.1, 0.15) is 0 Å². The van der Waals surface area contributed by atoms with Crippen molar-refractivity contribution >= 4 is 38.3 Å². The SMILES string of the molecule is O=C(Cl)C(c1ccsc1)S(=O)(=O)O. The number of halogens is 1. The van der Waals surface area contributed by atoms with Gasteiger partial charge in [-0.25, -0.2) is 0 Å². The van der Waals surface area contributed by atoms with Gasteiger partial charge in [-0.15, -0.1) is 0 Å². The maximum Gasteiger partial charge on any atom is 0.280 e. The molecule has 4 nitrogen and oxygen atoms in total. The maximum absolute atomic E-state index is 10.7. The molecule has 0 spiro atoms. The van der Waals surface area contributed by atoms with Crippen molar-refractivity contribution in [2.45, 2.75) is 5.25 Å². The van der Waals surface area contributed by atoms with Crippen molar-refractivity contribution in [2.75, 3.05) is 0 Å². The van der Waals surface area contributed by atoms with E-state index >= 15 is 0 Å². The molecule has 0 saturated carbocycles. The van der Waals surface area contributed by atoms with Crippen LogP contribution >= 0.6 is 22.9 Å². The summed E-state index contributed by atoms with van der Waals surface area (Å²) in [6, 6.07) is 1.42. The zero-order valence-electron chi connectivity index (χ0n) is 6.18. The molecule has 1 N–H and O–H groups in total. The van der Waals surface area contributed by atoms with E-state index in [9.17, 15) is 13.2 Å². The summed E-state index contributed by atoms with van der Waals surface area (Å²) in [7, 11) is -4.46. The molecule has 0 amide bonds. The number of hydrogen-bond acceptors (Lipinski definition) is 4. The van der Waals surface area contributed by atoms with E-state index in [1.54, 1.807) is 5.38 Å². The van der Waals surface area contributed by atoms with E-state index in [1.807, 2.05) is 0 Å². The summed E-state index contributed by atoms with van der Waals surface area (Å²) < 4.78 is 30.1. The molecule has 0 aliphatic rings. The van der Waals surface area contributed by atoms with Crippen molar-refractivity contribution < 1.29 is 17.8 Å². The first-order valence-electron chi connectivity index (χ1n) is 3.10. The Kier molecular flexibility index (Phi) is 3.07. The topological polar surface area (TPSA) is 71.4 Å². The monoisotopic (exact) mass is 240 g/mol. The Hall–Kier alpha value is -0.430. The Morgan fingerprint density at radius 1 is 1.62 bits per heavy atom. The van der Waals surface area contributed by atoms with Gasteiger partial charge in [-0.3, -0.25) is 9.35 Å². The number of thiophene rings is 1. The minimum Gasteiger partial charge on any atom is -0.285 e. The Labute approximate surface area is 83.9 Å². The third-order valence-corrected chi connectivity index (χ3v) is 3.48. The van der Waals surface area contributed by atoms with Crippen LogP contribution in [-0.2, 0) is 14.9 Å². The average Bonchev–Trinajstić information content (AvgIpc) is 2.34. The number of hydrogen-bond donors (Lipinski definition) is 1. The molecule has 0 aliphatic heterocycles. The summed E-state index contributed by atoms with van der Waals surface area (Å²) in [5.74, 6) is 0. The first-order chi connectivity index (χ1) is 5.93. The van der Waals surface area contributed by atoms with Gasteiger partial charge < -0.3 is 0 Å². The van der Waals surface area contributed by atoms with Gasteiger partial charge in [0.25, 0.3) is 10.1 Å². The average molecular weight is 241 g/mol. The summed E-state index contributed by atoms with van der Waals surface area (Å²) >= 11 is 6.26. The van der Waals surface area contributed by atoms with Crippen molar-refractivity contribution in [3.63, 3.8) is 0 Å². The standard InChI is InChI=1S/C6H5ClO4S2/c7-6(8)5(13(9,10)11)4-1-2-12-3-4/h1-3,5H,(H,9,10,11). The Morgan fingerprint density at radius 2 is 2.23 bits per heavy atom. The lowest BCUT2D eigenvalue weighted by molar-refractivity contribution is -0.111. The minimum atomic E-state index is -4.46. The van der Waals surface area contributed by atoms with Gasteiger partial charge in [-0.2, -0.15) is 19.8 Å². The van der Waals surface area contributed by atoms with Crippen molar-refractivity contribution in [1.82, 2.24) is 0 Å². The number of rotatable bonds is 3. The zero-order chi connectivity index (χ0) is 10.1. The van der Waals surface area contributed by atoms with E-state index in [2.05, 4.69) is 0 Å². The molecule has 0 aromatic carbocycles. The van der Waals surface area contributed by atoms with Crippen LogP contribution in [0.2, 0.25) is 0 Å². The molecule has 72 valence electrons. The van der Waals surface area contributed by atoms with Crippen molar-refractivity contribution in [3.8, 4) is 0 Å². The van der Waals surface area contributed by atoms with Crippen LogP contribution in [-0.4, -0.2) is 18.2 Å². The van der Waals surface area contributed by atoms with Crippen LogP contribution in [0.4, 0.5) is 0 Å². The number of carbonyl (C=O) groups is 1. The van der Waals surface area contributed by atoms with Crippen LogP contribution in [0.15, 0.2) is 16.8 Å². The molecule has 1 rings (SSSR count). The first-order valence-corrected chi connectivity index (χ1v) is 5.93. The van der Waals surface area contributed by atoms with E-state index in [1.165, 1.54) is 22.8 Å². The normalized spacial score (nSPS) is 14.0. The number of carbonyl (C=O) groups excluding carboxylic acids is 1. The summed E-state index contributed by atoms with van der Waals surface area (Å²) in [6.07, 6.45) is 0. The van der Waals surface area contributed by atoms with Crippen LogP contribution < -0.4 is 0 Å². The first kappa shape index (κ1) is 10.6. The Morgan fingerprint density at radius 3 is 2.54 bits per heavy atom. The van der Waals surface area contributed by atoms with Crippen LogP contribution in [0.3, 0.4) is 0 Å². The lowest BCUT2D eigenvalue weighted by Crippen LogP contribution is -2.17. The highest BCUT2D eigenvalue weighted by atomic mass is 35.5. The molecule has 1 unspecified atom stereocenters. The van der Waals surface area contributed by atoms with E-state index in [4.69, 9.17) is 16.2 Å². The van der Waals surface area contributed by atoms with E-state index in [0.29, 0.717) is 0 Å². The lowest BCUT2D eigenvalue weighted by Gasteiger charge is -2.05. The lowest BCUT2D eigenvalue weighted by atomic mass is 10.2. The highest BCUT2D eigenvalue weighted by molar-refractivity contribution is 7.87. The fourth-order valence-electron chi connectivity index (χ4n) is 0.844. The molecule has 13 heavy (non-hydrogen) atoms. The second kappa shape index (κ2) is 3.75. The predicted octanol–water partition coefficient (Wildman–Crippen LogP) is 1.44. The quantitative estimate of drug-likeness (QED) is 0.641. The summed E-state index contributed by atoms with van der Waals surface area (Å²) in [6.45, 7) is 0. The highest BCUT2D eigenvalue weighted by Crippen LogP contribution is 2.25. The van der Waals surface area contributed by atoms with Gasteiger partial charge in [-0.1, -0.05) is 0 Å². The predicted molar refractivity (Wildman–Crippen MR) is 49.5 cm³/mol. The second-order valence-electron chi connectivity index (χ2n) is 2.26. The molecule has 1 heterocycles. The van der Waals surface area contributed by atoms with Crippen molar-refractivity contribution in [1.29, 1.82) is 0 Å². The zero-order valence-corrected chi connectivity index (χ0v) is 8.56.